The monoisotopic (exact) mass is 322 g/mol. The van der Waals surface area contributed by atoms with Crippen LogP contribution in [0.2, 0.25) is 0 Å². The normalized spacial score (nSPS) is 21.6. The molecule has 1 aliphatic rings. The van der Waals surface area contributed by atoms with Crippen molar-refractivity contribution in [1.29, 1.82) is 0 Å². The Morgan fingerprint density at radius 1 is 1.48 bits per heavy atom. The molecule has 1 saturated heterocycles. The highest BCUT2D eigenvalue weighted by Crippen LogP contribution is 2.18. The van der Waals surface area contributed by atoms with Gasteiger partial charge in [-0.15, -0.1) is 0 Å². The lowest BCUT2D eigenvalue weighted by Gasteiger charge is -2.26. The van der Waals surface area contributed by atoms with Crippen molar-refractivity contribution in [2.75, 3.05) is 34.3 Å². The second-order valence-electron chi connectivity index (χ2n) is 6.37. The van der Waals surface area contributed by atoms with E-state index in [4.69, 9.17) is 4.74 Å². The molecule has 0 aromatic carbocycles. The standard InChI is InChI=1S/C16H26N4O3/c1-11-6-12(2)20(16(22)17-11)10-15(21)19(4)8-13-7-14(23-5)9-18(13)3/h6,13-14H,7-10H2,1-5H3/t13-,14-/m0/s1. The number of amides is 1. The predicted octanol–water partition coefficient (Wildman–Crippen LogP) is 0.0376. The molecule has 0 aliphatic carbocycles. The van der Waals surface area contributed by atoms with E-state index in [-0.39, 0.29) is 30.3 Å². The number of rotatable bonds is 5. The van der Waals surface area contributed by atoms with Crippen LogP contribution in [0, 0.1) is 13.8 Å². The highest BCUT2D eigenvalue weighted by Gasteiger charge is 2.31. The molecule has 2 heterocycles. The van der Waals surface area contributed by atoms with Crippen LogP contribution in [-0.4, -0.2) is 71.7 Å². The maximum Gasteiger partial charge on any atom is 0.348 e. The van der Waals surface area contributed by atoms with Gasteiger partial charge in [0.2, 0.25) is 5.91 Å². The zero-order chi connectivity index (χ0) is 17.1. The molecule has 7 heteroatoms. The van der Waals surface area contributed by atoms with E-state index < -0.39 is 0 Å². The molecule has 1 aliphatic heterocycles. The highest BCUT2D eigenvalue weighted by atomic mass is 16.5. The Hall–Kier alpha value is -1.73. The molecule has 0 bridgehead atoms. The summed E-state index contributed by atoms with van der Waals surface area (Å²) in [6.45, 7) is 5.12. The van der Waals surface area contributed by atoms with Crippen molar-refractivity contribution in [3.63, 3.8) is 0 Å². The van der Waals surface area contributed by atoms with E-state index in [2.05, 4.69) is 9.88 Å². The SMILES string of the molecule is CO[C@H]1C[C@@H](CN(C)C(=O)Cn2c(C)cc(C)nc2=O)N(C)C1. The van der Waals surface area contributed by atoms with Gasteiger partial charge in [-0.2, -0.15) is 4.98 Å². The Kier molecular flexibility index (Phi) is 5.54. The quantitative estimate of drug-likeness (QED) is 0.765. The molecule has 0 unspecified atom stereocenters. The largest absolute Gasteiger partial charge is 0.380 e. The van der Waals surface area contributed by atoms with Gasteiger partial charge in [0.15, 0.2) is 0 Å². The van der Waals surface area contributed by atoms with Gasteiger partial charge < -0.3 is 9.64 Å². The van der Waals surface area contributed by atoms with Crippen molar-refractivity contribution in [2.24, 2.45) is 0 Å². The van der Waals surface area contributed by atoms with Crippen molar-refractivity contribution >= 4 is 5.91 Å². The minimum Gasteiger partial charge on any atom is -0.380 e. The second kappa shape index (κ2) is 7.23. The molecule has 0 N–H and O–H groups in total. The van der Waals surface area contributed by atoms with Crippen LogP contribution in [0.1, 0.15) is 17.8 Å². The Morgan fingerprint density at radius 3 is 2.74 bits per heavy atom. The van der Waals surface area contributed by atoms with E-state index in [9.17, 15) is 9.59 Å². The van der Waals surface area contributed by atoms with Crippen LogP contribution < -0.4 is 5.69 Å². The third-order valence-electron chi connectivity index (χ3n) is 4.53. The molecule has 0 radical (unpaired) electrons. The summed E-state index contributed by atoms with van der Waals surface area (Å²) >= 11 is 0. The first-order chi connectivity index (χ1) is 10.8. The lowest BCUT2D eigenvalue weighted by Crippen LogP contribution is -2.42. The molecule has 1 amide bonds. The third-order valence-corrected chi connectivity index (χ3v) is 4.53. The Balaban J connectivity index is 2.00. The number of aromatic nitrogens is 2. The number of methoxy groups -OCH3 is 1. The molecule has 1 aromatic heterocycles. The molecule has 1 fully saturated rings. The lowest BCUT2D eigenvalue weighted by molar-refractivity contribution is -0.131. The van der Waals surface area contributed by atoms with E-state index in [1.165, 1.54) is 4.57 Å². The van der Waals surface area contributed by atoms with Crippen LogP contribution in [-0.2, 0) is 16.1 Å². The number of likely N-dealkylation sites (N-methyl/N-ethyl adjacent to an activating group) is 2. The molecule has 1 aromatic rings. The van der Waals surface area contributed by atoms with Gasteiger partial charge in [-0.25, -0.2) is 4.79 Å². The fraction of sp³-hybridized carbons (Fsp3) is 0.688. The van der Waals surface area contributed by atoms with Crippen molar-refractivity contribution < 1.29 is 9.53 Å². The van der Waals surface area contributed by atoms with Gasteiger partial charge in [0.05, 0.1) is 6.10 Å². The summed E-state index contributed by atoms with van der Waals surface area (Å²) in [5.74, 6) is -0.0879. The number of hydrogen-bond donors (Lipinski definition) is 0. The summed E-state index contributed by atoms with van der Waals surface area (Å²) in [5.41, 5.74) is 1.05. The van der Waals surface area contributed by atoms with Crippen LogP contribution in [0.5, 0.6) is 0 Å². The van der Waals surface area contributed by atoms with E-state index >= 15 is 0 Å². The molecule has 128 valence electrons. The minimum atomic E-state index is -0.373. The number of hydrogen-bond acceptors (Lipinski definition) is 5. The molecule has 2 rings (SSSR count). The van der Waals surface area contributed by atoms with Crippen LogP contribution >= 0.6 is 0 Å². The summed E-state index contributed by atoms with van der Waals surface area (Å²) in [5, 5.41) is 0. The van der Waals surface area contributed by atoms with Crippen molar-refractivity contribution in [2.45, 2.75) is 39.0 Å². The predicted molar refractivity (Wildman–Crippen MR) is 87.4 cm³/mol. The van der Waals surface area contributed by atoms with Gasteiger partial charge in [0.1, 0.15) is 6.54 Å². The van der Waals surface area contributed by atoms with Crippen LogP contribution in [0.3, 0.4) is 0 Å². The van der Waals surface area contributed by atoms with Crippen molar-refractivity contribution in [3.05, 3.63) is 27.9 Å². The average molecular weight is 322 g/mol. The number of aryl methyl sites for hydroxylation is 2. The van der Waals surface area contributed by atoms with Gasteiger partial charge >= 0.3 is 5.69 Å². The number of nitrogens with zero attached hydrogens (tertiary/aromatic N) is 4. The number of likely N-dealkylation sites (tertiary alicyclic amines) is 1. The summed E-state index contributed by atoms with van der Waals surface area (Å²) in [4.78, 5) is 32.2. The maximum absolute atomic E-state index is 12.4. The first-order valence-electron chi connectivity index (χ1n) is 7.84. The molecule has 7 nitrogen and oxygen atoms in total. The number of ether oxygens (including phenoxy) is 1. The molecule has 0 saturated carbocycles. The summed E-state index contributed by atoms with van der Waals surface area (Å²) in [6.07, 6.45) is 1.13. The van der Waals surface area contributed by atoms with E-state index in [1.54, 1.807) is 26.0 Å². The van der Waals surface area contributed by atoms with Crippen LogP contribution in [0.4, 0.5) is 0 Å². The average Bonchev–Trinajstić information content (AvgIpc) is 2.83. The van der Waals surface area contributed by atoms with Crippen molar-refractivity contribution in [3.8, 4) is 0 Å². The molecule has 0 spiro atoms. The van der Waals surface area contributed by atoms with E-state index in [0.29, 0.717) is 12.2 Å². The Morgan fingerprint density at radius 2 is 2.17 bits per heavy atom. The third kappa shape index (κ3) is 4.17. The summed E-state index contributed by atoms with van der Waals surface area (Å²) in [7, 11) is 5.54. The van der Waals surface area contributed by atoms with Gasteiger partial charge in [-0.1, -0.05) is 0 Å². The summed E-state index contributed by atoms with van der Waals surface area (Å²) in [6, 6.07) is 2.09. The number of carbonyl (C=O) groups is 1. The topological polar surface area (TPSA) is 67.7 Å². The molecule has 23 heavy (non-hydrogen) atoms. The minimum absolute atomic E-state index is 0.0264. The van der Waals surface area contributed by atoms with Crippen LogP contribution in [0.25, 0.3) is 0 Å². The van der Waals surface area contributed by atoms with E-state index in [0.717, 1.165) is 18.7 Å². The molecular weight excluding hydrogens is 296 g/mol. The van der Waals surface area contributed by atoms with Crippen LogP contribution in [0.15, 0.2) is 10.9 Å². The first kappa shape index (κ1) is 17.6. The smallest absolute Gasteiger partial charge is 0.348 e. The Labute approximate surface area is 136 Å². The first-order valence-corrected chi connectivity index (χ1v) is 7.84. The zero-order valence-electron chi connectivity index (χ0n) is 14.6. The molecule has 2 atom stereocenters. The fourth-order valence-corrected chi connectivity index (χ4v) is 3.05. The molecular formula is C16H26N4O3. The Bertz CT molecular complexity index is 628. The second-order valence-corrected chi connectivity index (χ2v) is 6.37. The highest BCUT2D eigenvalue weighted by molar-refractivity contribution is 5.75. The maximum atomic E-state index is 12.4. The summed E-state index contributed by atoms with van der Waals surface area (Å²) < 4.78 is 6.81. The number of carbonyl (C=O) groups excluding carboxylic acids is 1. The fourth-order valence-electron chi connectivity index (χ4n) is 3.05. The van der Waals surface area contributed by atoms with Gasteiger partial charge in [0, 0.05) is 44.7 Å². The van der Waals surface area contributed by atoms with Gasteiger partial charge in [-0.3, -0.25) is 14.3 Å². The zero-order valence-corrected chi connectivity index (χ0v) is 14.6. The lowest BCUT2D eigenvalue weighted by atomic mass is 10.2. The van der Waals surface area contributed by atoms with Crippen molar-refractivity contribution in [1.82, 2.24) is 19.4 Å². The van der Waals surface area contributed by atoms with E-state index in [1.807, 2.05) is 20.0 Å². The van der Waals surface area contributed by atoms with Gasteiger partial charge in [-0.05, 0) is 33.4 Å². The van der Waals surface area contributed by atoms with Gasteiger partial charge in [0.25, 0.3) is 0 Å².